The highest BCUT2D eigenvalue weighted by molar-refractivity contribution is 7.09. The van der Waals surface area contributed by atoms with Gasteiger partial charge < -0.3 is 4.52 Å². The minimum atomic E-state index is 0.670. The van der Waals surface area contributed by atoms with Crippen molar-refractivity contribution in [3.8, 4) is 0 Å². The number of unbranched alkanes of at least 4 members (excludes halogenated alkanes) is 1. The second kappa shape index (κ2) is 7.97. The Morgan fingerprint density at radius 2 is 2.35 bits per heavy atom. The molecule has 0 bridgehead atoms. The fourth-order valence-electron chi connectivity index (χ4n) is 1.97. The summed E-state index contributed by atoms with van der Waals surface area (Å²) in [5.41, 5.74) is 0. The number of thiophene rings is 1. The highest BCUT2D eigenvalue weighted by Gasteiger charge is 2.12. The van der Waals surface area contributed by atoms with Crippen molar-refractivity contribution in [1.82, 2.24) is 15.0 Å². The van der Waals surface area contributed by atoms with Crippen LogP contribution in [0.25, 0.3) is 0 Å². The van der Waals surface area contributed by atoms with Gasteiger partial charge in [-0.1, -0.05) is 30.6 Å². The summed E-state index contributed by atoms with van der Waals surface area (Å²) in [6.07, 6.45) is 5.05. The van der Waals surface area contributed by atoms with E-state index in [1.54, 1.807) is 11.3 Å². The lowest BCUT2D eigenvalue weighted by molar-refractivity contribution is 0.240. The molecule has 0 aliphatic carbocycles. The molecule has 0 atom stereocenters. The van der Waals surface area contributed by atoms with E-state index in [9.17, 15) is 0 Å². The van der Waals surface area contributed by atoms with E-state index in [1.807, 2.05) is 6.08 Å². The van der Waals surface area contributed by atoms with Gasteiger partial charge >= 0.3 is 0 Å². The summed E-state index contributed by atoms with van der Waals surface area (Å²) in [7, 11) is 0. The minimum Gasteiger partial charge on any atom is -0.338 e. The summed E-state index contributed by atoms with van der Waals surface area (Å²) in [5.74, 6) is 1.51. The molecular weight excluding hydrogens is 270 g/mol. The molecule has 0 amide bonds. The third-order valence-electron chi connectivity index (χ3n) is 2.97. The second-order valence-electron chi connectivity index (χ2n) is 4.75. The topological polar surface area (TPSA) is 42.2 Å². The van der Waals surface area contributed by atoms with Gasteiger partial charge in [0.05, 0.1) is 6.54 Å². The molecule has 2 heterocycles. The van der Waals surface area contributed by atoms with Crippen molar-refractivity contribution in [3.05, 3.63) is 46.8 Å². The van der Waals surface area contributed by atoms with Crippen LogP contribution in [0, 0.1) is 0 Å². The molecule has 0 saturated carbocycles. The largest absolute Gasteiger partial charge is 0.338 e. The smallest absolute Gasteiger partial charge is 0.240 e. The summed E-state index contributed by atoms with van der Waals surface area (Å²) in [6.45, 7) is 8.34. The van der Waals surface area contributed by atoms with Crippen LogP contribution in [-0.2, 0) is 19.5 Å². The van der Waals surface area contributed by atoms with E-state index < -0.39 is 0 Å². The van der Waals surface area contributed by atoms with Gasteiger partial charge in [0, 0.05) is 24.4 Å². The first-order chi connectivity index (χ1) is 9.81. The van der Waals surface area contributed by atoms with Crippen LogP contribution in [-0.4, -0.2) is 21.6 Å². The van der Waals surface area contributed by atoms with Gasteiger partial charge in [0.25, 0.3) is 0 Å². The fourth-order valence-corrected chi connectivity index (χ4v) is 2.72. The predicted octanol–water partition coefficient (Wildman–Crippen LogP) is 3.66. The van der Waals surface area contributed by atoms with Gasteiger partial charge in [-0.3, -0.25) is 4.90 Å². The van der Waals surface area contributed by atoms with E-state index in [0.29, 0.717) is 12.4 Å². The Hall–Kier alpha value is -1.46. The number of aryl methyl sites for hydroxylation is 1. The molecule has 0 aliphatic rings. The van der Waals surface area contributed by atoms with E-state index >= 15 is 0 Å². The van der Waals surface area contributed by atoms with Crippen LogP contribution < -0.4 is 0 Å². The van der Waals surface area contributed by atoms with Gasteiger partial charge in [-0.25, -0.2) is 0 Å². The van der Waals surface area contributed by atoms with Crippen molar-refractivity contribution in [1.29, 1.82) is 0 Å². The monoisotopic (exact) mass is 291 g/mol. The third kappa shape index (κ3) is 4.58. The van der Waals surface area contributed by atoms with E-state index in [-0.39, 0.29) is 0 Å². The molecule has 108 valence electrons. The van der Waals surface area contributed by atoms with Gasteiger partial charge in [-0.05, 0) is 17.9 Å². The maximum atomic E-state index is 5.32. The molecule has 0 unspecified atom stereocenters. The number of nitrogens with zero attached hydrogens (tertiary/aromatic N) is 3. The number of aromatic nitrogens is 2. The standard InChI is InChI=1S/C15H21N3OS/c1-3-5-8-14-16-15(19-17-14)12-18(9-4-2)11-13-7-6-10-20-13/h4,6-7,10H,2-3,5,8-9,11-12H2,1H3. The zero-order valence-electron chi connectivity index (χ0n) is 11.9. The van der Waals surface area contributed by atoms with Crippen LogP contribution >= 0.6 is 11.3 Å². The summed E-state index contributed by atoms with van der Waals surface area (Å²) >= 11 is 1.76. The molecule has 0 aromatic carbocycles. The number of hydrogen-bond donors (Lipinski definition) is 0. The maximum Gasteiger partial charge on any atom is 0.240 e. The molecule has 0 N–H and O–H groups in total. The zero-order chi connectivity index (χ0) is 14.2. The van der Waals surface area contributed by atoms with E-state index in [1.165, 1.54) is 4.88 Å². The van der Waals surface area contributed by atoms with E-state index in [2.05, 4.69) is 46.1 Å². The van der Waals surface area contributed by atoms with Crippen LogP contribution in [0.15, 0.2) is 34.7 Å². The Morgan fingerprint density at radius 3 is 3.05 bits per heavy atom. The summed E-state index contributed by atoms with van der Waals surface area (Å²) in [5, 5.41) is 6.12. The van der Waals surface area contributed by atoms with Crippen molar-refractivity contribution < 1.29 is 4.52 Å². The lowest BCUT2D eigenvalue weighted by Crippen LogP contribution is -2.22. The molecule has 2 aromatic heterocycles. The average molecular weight is 291 g/mol. The van der Waals surface area contributed by atoms with Crippen LogP contribution in [0.3, 0.4) is 0 Å². The first-order valence-electron chi connectivity index (χ1n) is 6.99. The fraction of sp³-hybridized carbons (Fsp3) is 0.467. The molecule has 2 rings (SSSR count). The van der Waals surface area contributed by atoms with Gasteiger partial charge in [0.2, 0.25) is 5.89 Å². The molecule has 4 nitrogen and oxygen atoms in total. The van der Waals surface area contributed by atoms with Crippen LogP contribution in [0.4, 0.5) is 0 Å². The molecule has 20 heavy (non-hydrogen) atoms. The lowest BCUT2D eigenvalue weighted by Gasteiger charge is -2.17. The Kier molecular flexibility index (Phi) is 5.95. The molecule has 0 radical (unpaired) electrons. The van der Waals surface area contributed by atoms with Gasteiger partial charge in [0.1, 0.15) is 0 Å². The zero-order valence-corrected chi connectivity index (χ0v) is 12.7. The Morgan fingerprint density at radius 1 is 1.45 bits per heavy atom. The normalized spacial score (nSPS) is 11.1. The van der Waals surface area contributed by atoms with E-state index in [4.69, 9.17) is 4.52 Å². The number of rotatable bonds is 9. The highest BCUT2D eigenvalue weighted by atomic mass is 32.1. The molecule has 0 saturated heterocycles. The van der Waals surface area contributed by atoms with Crippen molar-refractivity contribution in [2.75, 3.05) is 6.54 Å². The molecule has 5 heteroatoms. The molecule has 0 aliphatic heterocycles. The van der Waals surface area contributed by atoms with Gasteiger partial charge in [-0.2, -0.15) is 4.98 Å². The first-order valence-corrected chi connectivity index (χ1v) is 7.87. The van der Waals surface area contributed by atoms with Gasteiger partial charge in [-0.15, -0.1) is 17.9 Å². The third-order valence-corrected chi connectivity index (χ3v) is 3.83. The van der Waals surface area contributed by atoms with Crippen molar-refractivity contribution in [2.45, 2.75) is 39.3 Å². The van der Waals surface area contributed by atoms with Gasteiger partial charge in [0.15, 0.2) is 5.82 Å². The quantitative estimate of drug-likeness (QED) is 0.661. The Bertz CT molecular complexity index is 507. The summed E-state index contributed by atoms with van der Waals surface area (Å²) in [6, 6.07) is 4.21. The van der Waals surface area contributed by atoms with Crippen LogP contribution in [0.1, 0.15) is 36.4 Å². The Balaban J connectivity index is 1.93. The average Bonchev–Trinajstić information content (AvgIpc) is 3.08. The van der Waals surface area contributed by atoms with E-state index in [0.717, 1.165) is 38.2 Å². The summed E-state index contributed by atoms with van der Waals surface area (Å²) < 4.78 is 5.32. The number of hydrogen-bond acceptors (Lipinski definition) is 5. The molecular formula is C15H21N3OS. The Labute approximate surface area is 124 Å². The van der Waals surface area contributed by atoms with Crippen molar-refractivity contribution in [2.24, 2.45) is 0 Å². The van der Waals surface area contributed by atoms with Crippen LogP contribution in [0.2, 0.25) is 0 Å². The minimum absolute atomic E-state index is 0.670. The van der Waals surface area contributed by atoms with Crippen molar-refractivity contribution >= 4 is 11.3 Å². The second-order valence-corrected chi connectivity index (χ2v) is 5.78. The maximum absolute atomic E-state index is 5.32. The molecule has 0 spiro atoms. The lowest BCUT2D eigenvalue weighted by atomic mass is 10.2. The summed E-state index contributed by atoms with van der Waals surface area (Å²) in [4.78, 5) is 8.03. The molecule has 2 aromatic rings. The predicted molar refractivity (Wildman–Crippen MR) is 81.5 cm³/mol. The SMILES string of the molecule is C=CCN(Cc1nc(CCCC)no1)Cc1cccs1. The van der Waals surface area contributed by atoms with Crippen LogP contribution in [0.5, 0.6) is 0 Å². The first kappa shape index (κ1) is 14.9. The molecule has 0 fully saturated rings. The van der Waals surface area contributed by atoms with Crippen molar-refractivity contribution in [3.63, 3.8) is 0 Å². The highest BCUT2D eigenvalue weighted by Crippen LogP contribution is 2.14.